The number of nitrogens with one attached hydrogen (secondary N) is 1. The van der Waals surface area contributed by atoms with Gasteiger partial charge in [0.1, 0.15) is 0 Å². The molecule has 18 heavy (non-hydrogen) atoms. The molecule has 5 nitrogen and oxygen atoms in total. The standard InChI is InChI=1S/C13H24N2O3/c1-15(8-10-4-3-5-18-9-10)13(16)12-6-11(17-2)7-14-12/h10-12,14H,3-9H2,1-2H3. The van der Waals surface area contributed by atoms with E-state index in [1.165, 1.54) is 0 Å². The summed E-state index contributed by atoms with van der Waals surface area (Å²) in [5.41, 5.74) is 0. The van der Waals surface area contributed by atoms with Crippen LogP contribution in [0, 0.1) is 5.92 Å². The molecule has 1 amide bonds. The minimum atomic E-state index is -0.0792. The highest BCUT2D eigenvalue weighted by atomic mass is 16.5. The molecule has 1 N–H and O–H groups in total. The molecule has 0 aromatic heterocycles. The van der Waals surface area contributed by atoms with E-state index < -0.39 is 0 Å². The average Bonchev–Trinajstić information content (AvgIpc) is 2.87. The van der Waals surface area contributed by atoms with Gasteiger partial charge >= 0.3 is 0 Å². The van der Waals surface area contributed by atoms with Crippen LogP contribution in [0.15, 0.2) is 0 Å². The molecule has 2 heterocycles. The van der Waals surface area contributed by atoms with Crippen LogP contribution in [0.2, 0.25) is 0 Å². The van der Waals surface area contributed by atoms with Crippen LogP contribution in [0.5, 0.6) is 0 Å². The van der Waals surface area contributed by atoms with E-state index in [0.717, 1.165) is 45.6 Å². The van der Waals surface area contributed by atoms with Gasteiger partial charge in [0.25, 0.3) is 0 Å². The zero-order valence-electron chi connectivity index (χ0n) is 11.4. The van der Waals surface area contributed by atoms with Gasteiger partial charge in [0.15, 0.2) is 0 Å². The maximum atomic E-state index is 12.2. The number of nitrogens with zero attached hydrogens (tertiary/aromatic N) is 1. The molecule has 0 aromatic rings. The maximum absolute atomic E-state index is 12.2. The molecule has 0 radical (unpaired) electrons. The van der Waals surface area contributed by atoms with Crippen molar-refractivity contribution in [3.05, 3.63) is 0 Å². The lowest BCUT2D eigenvalue weighted by Crippen LogP contribution is -2.44. The molecule has 2 aliphatic rings. The molecule has 5 heteroatoms. The molecule has 3 atom stereocenters. The lowest BCUT2D eigenvalue weighted by Gasteiger charge is -2.28. The van der Waals surface area contributed by atoms with E-state index in [1.54, 1.807) is 7.11 Å². The van der Waals surface area contributed by atoms with Crippen LogP contribution in [0.25, 0.3) is 0 Å². The SMILES string of the molecule is COC1CNC(C(=O)N(C)CC2CCCOC2)C1. The number of methoxy groups -OCH3 is 1. The number of ether oxygens (including phenoxy) is 2. The van der Waals surface area contributed by atoms with Gasteiger partial charge in [-0.05, 0) is 25.2 Å². The molecule has 2 rings (SSSR count). The largest absolute Gasteiger partial charge is 0.381 e. The van der Waals surface area contributed by atoms with Gasteiger partial charge in [-0.1, -0.05) is 0 Å². The van der Waals surface area contributed by atoms with Crippen molar-refractivity contribution in [1.29, 1.82) is 0 Å². The van der Waals surface area contributed by atoms with Crippen LogP contribution in [-0.4, -0.2) is 63.4 Å². The van der Waals surface area contributed by atoms with Crippen LogP contribution < -0.4 is 5.32 Å². The summed E-state index contributed by atoms with van der Waals surface area (Å²) >= 11 is 0. The van der Waals surface area contributed by atoms with E-state index in [0.29, 0.717) is 5.92 Å². The Balaban J connectivity index is 1.77. The molecular weight excluding hydrogens is 232 g/mol. The molecule has 2 fully saturated rings. The third-order valence-corrected chi connectivity index (χ3v) is 3.88. The zero-order chi connectivity index (χ0) is 13.0. The van der Waals surface area contributed by atoms with Crippen molar-refractivity contribution >= 4 is 5.91 Å². The Bertz CT molecular complexity index is 279. The Morgan fingerprint density at radius 1 is 1.56 bits per heavy atom. The summed E-state index contributed by atoms with van der Waals surface area (Å²) in [6.07, 6.45) is 3.22. The van der Waals surface area contributed by atoms with Crippen LogP contribution in [-0.2, 0) is 14.3 Å². The van der Waals surface area contributed by atoms with Gasteiger partial charge in [-0.3, -0.25) is 4.79 Å². The molecule has 104 valence electrons. The van der Waals surface area contributed by atoms with Gasteiger partial charge in [0.2, 0.25) is 5.91 Å². The number of carbonyl (C=O) groups excluding carboxylic acids is 1. The number of hydrogen-bond acceptors (Lipinski definition) is 4. The fraction of sp³-hybridized carbons (Fsp3) is 0.923. The van der Waals surface area contributed by atoms with E-state index in [4.69, 9.17) is 9.47 Å². The lowest BCUT2D eigenvalue weighted by molar-refractivity contribution is -0.133. The van der Waals surface area contributed by atoms with Crippen molar-refractivity contribution in [3.8, 4) is 0 Å². The first-order valence-corrected chi connectivity index (χ1v) is 6.79. The smallest absolute Gasteiger partial charge is 0.239 e. The highest BCUT2D eigenvalue weighted by molar-refractivity contribution is 5.82. The van der Waals surface area contributed by atoms with E-state index in [2.05, 4.69) is 5.32 Å². The van der Waals surface area contributed by atoms with E-state index in [1.807, 2.05) is 11.9 Å². The Morgan fingerprint density at radius 3 is 3.00 bits per heavy atom. The van der Waals surface area contributed by atoms with Crippen molar-refractivity contribution in [2.75, 3.05) is 40.5 Å². The molecule has 0 aliphatic carbocycles. The second-order valence-electron chi connectivity index (χ2n) is 5.36. The summed E-state index contributed by atoms with van der Waals surface area (Å²) in [6.45, 7) is 3.23. The van der Waals surface area contributed by atoms with Gasteiger partial charge in [0, 0.05) is 33.9 Å². The first-order valence-electron chi connectivity index (χ1n) is 6.79. The van der Waals surface area contributed by atoms with E-state index in [9.17, 15) is 4.79 Å². The van der Waals surface area contributed by atoms with Gasteiger partial charge in [-0.25, -0.2) is 0 Å². The molecule has 0 saturated carbocycles. The number of amides is 1. The van der Waals surface area contributed by atoms with E-state index in [-0.39, 0.29) is 18.1 Å². The normalized spacial score (nSPS) is 32.4. The predicted molar refractivity (Wildman–Crippen MR) is 68.4 cm³/mol. The summed E-state index contributed by atoms with van der Waals surface area (Å²) in [4.78, 5) is 14.1. The average molecular weight is 256 g/mol. The highest BCUT2D eigenvalue weighted by Crippen LogP contribution is 2.16. The summed E-state index contributed by atoms with van der Waals surface area (Å²) in [5.74, 6) is 0.674. The van der Waals surface area contributed by atoms with Gasteiger partial charge < -0.3 is 19.7 Å². The summed E-state index contributed by atoms with van der Waals surface area (Å²) in [5, 5.41) is 3.23. The van der Waals surface area contributed by atoms with E-state index >= 15 is 0 Å². The van der Waals surface area contributed by atoms with Crippen LogP contribution in [0.3, 0.4) is 0 Å². The fourth-order valence-electron chi connectivity index (χ4n) is 2.77. The Labute approximate surface area is 109 Å². The second kappa shape index (κ2) is 6.50. The molecule has 0 bridgehead atoms. The van der Waals surface area contributed by atoms with Crippen molar-refractivity contribution in [1.82, 2.24) is 10.2 Å². The topological polar surface area (TPSA) is 50.8 Å². The third kappa shape index (κ3) is 3.43. The first-order chi connectivity index (χ1) is 8.70. The number of carbonyl (C=O) groups is 1. The fourth-order valence-corrected chi connectivity index (χ4v) is 2.77. The van der Waals surface area contributed by atoms with Gasteiger partial charge in [-0.15, -0.1) is 0 Å². The minimum absolute atomic E-state index is 0.0792. The molecule has 2 aliphatic heterocycles. The number of rotatable bonds is 4. The Morgan fingerprint density at radius 2 is 2.39 bits per heavy atom. The first kappa shape index (κ1) is 13.8. The number of likely N-dealkylation sites (N-methyl/N-ethyl adjacent to an activating group) is 1. The molecule has 3 unspecified atom stereocenters. The Hall–Kier alpha value is -0.650. The molecule has 0 aromatic carbocycles. The number of hydrogen-bond donors (Lipinski definition) is 1. The molecule has 2 saturated heterocycles. The summed E-state index contributed by atoms with van der Waals surface area (Å²) in [7, 11) is 3.58. The summed E-state index contributed by atoms with van der Waals surface area (Å²) < 4.78 is 10.7. The third-order valence-electron chi connectivity index (χ3n) is 3.88. The van der Waals surface area contributed by atoms with Crippen molar-refractivity contribution in [2.45, 2.75) is 31.4 Å². The molecular formula is C13H24N2O3. The monoisotopic (exact) mass is 256 g/mol. The van der Waals surface area contributed by atoms with Gasteiger partial charge in [0.05, 0.1) is 18.8 Å². The minimum Gasteiger partial charge on any atom is -0.381 e. The highest BCUT2D eigenvalue weighted by Gasteiger charge is 2.31. The van der Waals surface area contributed by atoms with Crippen LogP contribution in [0.4, 0.5) is 0 Å². The summed E-state index contributed by atoms with van der Waals surface area (Å²) in [6, 6.07) is -0.0792. The van der Waals surface area contributed by atoms with Crippen LogP contribution in [0.1, 0.15) is 19.3 Å². The van der Waals surface area contributed by atoms with Crippen molar-refractivity contribution in [3.63, 3.8) is 0 Å². The lowest BCUT2D eigenvalue weighted by atomic mass is 10.0. The molecule has 0 spiro atoms. The van der Waals surface area contributed by atoms with Crippen LogP contribution >= 0.6 is 0 Å². The second-order valence-corrected chi connectivity index (χ2v) is 5.36. The Kier molecular flexibility index (Phi) is 4.97. The van der Waals surface area contributed by atoms with Crippen molar-refractivity contribution < 1.29 is 14.3 Å². The zero-order valence-corrected chi connectivity index (χ0v) is 11.4. The predicted octanol–water partition coefficient (Wildman–Crippen LogP) is 0.248. The van der Waals surface area contributed by atoms with Crippen molar-refractivity contribution in [2.24, 2.45) is 5.92 Å². The quantitative estimate of drug-likeness (QED) is 0.783. The van der Waals surface area contributed by atoms with Gasteiger partial charge in [-0.2, -0.15) is 0 Å². The maximum Gasteiger partial charge on any atom is 0.239 e.